The van der Waals surface area contributed by atoms with Crippen molar-refractivity contribution in [3.8, 4) is 0 Å². The molecule has 0 aromatic heterocycles. The van der Waals surface area contributed by atoms with Gasteiger partial charge >= 0.3 is 0 Å². The monoisotopic (exact) mass is 269 g/mol. The Bertz CT molecular complexity index is 266. The summed E-state index contributed by atoms with van der Waals surface area (Å²) in [6.45, 7) is 4.57. The first kappa shape index (κ1) is 14.1. The van der Waals surface area contributed by atoms with Crippen molar-refractivity contribution in [3.63, 3.8) is 0 Å². The molecule has 1 aliphatic carbocycles. The summed E-state index contributed by atoms with van der Waals surface area (Å²) in [5, 5.41) is 6.64. The van der Waals surface area contributed by atoms with E-state index in [2.05, 4.69) is 29.6 Å². The number of rotatable bonds is 2. The minimum atomic E-state index is 0.583. The molecule has 104 valence electrons. The van der Waals surface area contributed by atoms with Gasteiger partial charge in [-0.1, -0.05) is 25.7 Å². The van der Waals surface area contributed by atoms with Gasteiger partial charge in [0.25, 0.3) is 0 Å². The average molecular weight is 269 g/mol. The zero-order valence-electron chi connectivity index (χ0n) is 11.7. The highest BCUT2D eigenvalue weighted by Gasteiger charge is 2.25. The van der Waals surface area contributed by atoms with E-state index in [1.165, 1.54) is 51.4 Å². The van der Waals surface area contributed by atoms with Crippen LogP contribution in [0.3, 0.4) is 0 Å². The predicted molar refractivity (Wildman–Crippen MR) is 80.4 cm³/mol. The van der Waals surface area contributed by atoms with Crippen LogP contribution < -0.4 is 10.7 Å². The lowest BCUT2D eigenvalue weighted by molar-refractivity contribution is 0.0732. The maximum absolute atomic E-state index is 5.46. The van der Waals surface area contributed by atoms with E-state index in [9.17, 15) is 0 Å². The Hall–Kier alpha value is -0.350. The summed E-state index contributed by atoms with van der Waals surface area (Å²) in [6.07, 6.45) is 10.5. The Kier molecular flexibility index (Phi) is 5.25. The van der Waals surface area contributed by atoms with Crippen molar-refractivity contribution in [1.29, 1.82) is 0 Å². The summed E-state index contributed by atoms with van der Waals surface area (Å²) in [5.74, 6) is 0. The van der Waals surface area contributed by atoms with Crippen LogP contribution in [0.25, 0.3) is 0 Å². The topological polar surface area (TPSA) is 27.3 Å². The van der Waals surface area contributed by atoms with Gasteiger partial charge in [-0.3, -0.25) is 5.43 Å². The van der Waals surface area contributed by atoms with Crippen LogP contribution in [0, 0.1) is 0 Å². The van der Waals surface area contributed by atoms with Crippen molar-refractivity contribution in [2.24, 2.45) is 0 Å². The zero-order chi connectivity index (χ0) is 13.0. The van der Waals surface area contributed by atoms with E-state index in [0.717, 1.165) is 5.11 Å². The molecule has 3 nitrogen and oxygen atoms in total. The number of piperidine rings is 1. The van der Waals surface area contributed by atoms with Gasteiger partial charge in [-0.2, -0.15) is 0 Å². The van der Waals surface area contributed by atoms with Gasteiger partial charge in [0.1, 0.15) is 0 Å². The van der Waals surface area contributed by atoms with Gasteiger partial charge in [0.2, 0.25) is 0 Å². The molecular formula is C14H27N3S. The second-order valence-electron chi connectivity index (χ2n) is 5.96. The third-order valence-corrected chi connectivity index (χ3v) is 4.57. The molecule has 2 fully saturated rings. The third-order valence-electron chi connectivity index (χ3n) is 4.36. The highest BCUT2D eigenvalue weighted by molar-refractivity contribution is 7.80. The van der Waals surface area contributed by atoms with Crippen LogP contribution >= 0.6 is 12.2 Å². The fraction of sp³-hybridized carbons (Fsp3) is 0.929. The quantitative estimate of drug-likeness (QED) is 0.754. The van der Waals surface area contributed by atoms with Gasteiger partial charge in [-0.25, -0.2) is 5.01 Å². The van der Waals surface area contributed by atoms with Crippen molar-refractivity contribution in [2.75, 3.05) is 0 Å². The highest BCUT2D eigenvalue weighted by Crippen LogP contribution is 2.20. The highest BCUT2D eigenvalue weighted by atomic mass is 32.1. The molecule has 0 aromatic carbocycles. The van der Waals surface area contributed by atoms with Crippen LogP contribution in [-0.2, 0) is 0 Å². The maximum atomic E-state index is 5.46. The van der Waals surface area contributed by atoms with E-state index in [4.69, 9.17) is 12.2 Å². The van der Waals surface area contributed by atoms with Crippen LogP contribution in [0.15, 0.2) is 0 Å². The van der Waals surface area contributed by atoms with Gasteiger partial charge in [-0.05, 0) is 51.7 Å². The van der Waals surface area contributed by atoms with Gasteiger partial charge in [0.15, 0.2) is 5.11 Å². The van der Waals surface area contributed by atoms with E-state index in [0.29, 0.717) is 18.1 Å². The molecule has 0 unspecified atom stereocenters. The first-order valence-corrected chi connectivity index (χ1v) is 7.93. The summed E-state index contributed by atoms with van der Waals surface area (Å²) in [6, 6.07) is 1.76. The molecule has 2 N–H and O–H groups in total. The van der Waals surface area contributed by atoms with Crippen molar-refractivity contribution in [1.82, 2.24) is 15.8 Å². The average Bonchev–Trinajstić information content (AvgIpc) is 2.35. The lowest BCUT2D eigenvalue weighted by atomic mass is 9.96. The van der Waals surface area contributed by atoms with Gasteiger partial charge < -0.3 is 5.32 Å². The number of hydrogen-bond donors (Lipinski definition) is 2. The Morgan fingerprint density at radius 1 is 0.944 bits per heavy atom. The zero-order valence-corrected chi connectivity index (χ0v) is 12.6. The summed E-state index contributed by atoms with van der Waals surface area (Å²) in [4.78, 5) is 0. The fourth-order valence-corrected chi connectivity index (χ4v) is 3.50. The molecule has 2 rings (SSSR count). The molecule has 2 aliphatic rings. The molecule has 0 spiro atoms. The minimum Gasteiger partial charge on any atom is -0.359 e. The molecule has 0 radical (unpaired) electrons. The lowest BCUT2D eigenvalue weighted by Crippen LogP contribution is -2.57. The normalized spacial score (nSPS) is 31.0. The Balaban J connectivity index is 1.78. The van der Waals surface area contributed by atoms with E-state index in [-0.39, 0.29) is 0 Å². The molecule has 1 saturated carbocycles. The predicted octanol–water partition coefficient (Wildman–Crippen LogP) is 2.96. The van der Waals surface area contributed by atoms with E-state index in [1.807, 2.05) is 0 Å². The second-order valence-corrected chi connectivity index (χ2v) is 6.36. The van der Waals surface area contributed by atoms with Crippen molar-refractivity contribution < 1.29 is 0 Å². The van der Waals surface area contributed by atoms with Crippen molar-refractivity contribution >= 4 is 17.3 Å². The van der Waals surface area contributed by atoms with Crippen molar-refractivity contribution in [2.45, 2.75) is 83.3 Å². The largest absolute Gasteiger partial charge is 0.359 e. The van der Waals surface area contributed by atoms with Gasteiger partial charge in [0, 0.05) is 18.1 Å². The molecule has 2 atom stereocenters. The third kappa shape index (κ3) is 3.82. The van der Waals surface area contributed by atoms with Crippen molar-refractivity contribution in [3.05, 3.63) is 0 Å². The SMILES string of the molecule is C[C@H]1CCC[C@H](C)N1NC(=S)NC1CCCCC1. The molecule has 0 bridgehead atoms. The van der Waals surface area contributed by atoms with E-state index in [1.54, 1.807) is 0 Å². The molecule has 1 heterocycles. The lowest BCUT2D eigenvalue weighted by Gasteiger charge is -2.40. The van der Waals surface area contributed by atoms with Crippen LogP contribution in [0.1, 0.15) is 65.2 Å². The number of hydrazine groups is 1. The fourth-order valence-electron chi connectivity index (χ4n) is 3.22. The number of thiocarbonyl (C=S) groups is 1. The Morgan fingerprint density at radius 3 is 2.17 bits per heavy atom. The standard InChI is InChI=1S/C14H27N3S/c1-11-7-6-8-12(2)17(11)16-14(18)15-13-9-4-3-5-10-13/h11-13H,3-10H2,1-2H3,(H2,15,16,18)/t11-,12-/m0/s1. The van der Waals surface area contributed by atoms with Crippen LogP contribution in [0.2, 0.25) is 0 Å². The Morgan fingerprint density at radius 2 is 1.56 bits per heavy atom. The van der Waals surface area contributed by atoms with Crippen LogP contribution in [0.5, 0.6) is 0 Å². The number of hydrogen-bond acceptors (Lipinski definition) is 2. The first-order valence-electron chi connectivity index (χ1n) is 7.52. The molecule has 1 saturated heterocycles. The number of nitrogens with zero attached hydrogens (tertiary/aromatic N) is 1. The molecule has 1 aliphatic heterocycles. The molecule has 0 amide bonds. The summed E-state index contributed by atoms with van der Waals surface area (Å²) in [5.41, 5.74) is 3.42. The Labute approximate surface area is 117 Å². The smallest absolute Gasteiger partial charge is 0.181 e. The summed E-state index contributed by atoms with van der Waals surface area (Å²) < 4.78 is 0. The van der Waals surface area contributed by atoms with E-state index >= 15 is 0 Å². The molecule has 4 heteroatoms. The van der Waals surface area contributed by atoms with E-state index < -0.39 is 0 Å². The van der Waals surface area contributed by atoms with Gasteiger partial charge in [0.05, 0.1) is 0 Å². The maximum Gasteiger partial charge on any atom is 0.181 e. The number of nitrogens with one attached hydrogen (secondary N) is 2. The molecule has 0 aromatic rings. The second kappa shape index (κ2) is 6.71. The summed E-state index contributed by atoms with van der Waals surface area (Å²) >= 11 is 5.46. The van der Waals surface area contributed by atoms with Crippen LogP contribution in [-0.4, -0.2) is 28.2 Å². The molecule has 18 heavy (non-hydrogen) atoms. The summed E-state index contributed by atoms with van der Waals surface area (Å²) in [7, 11) is 0. The molecular weight excluding hydrogens is 242 g/mol. The minimum absolute atomic E-state index is 0.583. The first-order chi connectivity index (χ1) is 8.66. The van der Waals surface area contributed by atoms with Gasteiger partial charge in [-0.15, -0.1) is 0 Å². The van der Waals surface area contributed by atoms with Crippen LogP contribution in [0.4, 0.5) is 0 Å².